The summed E-state index contributed by atoms with van der Waals surface area (Å²) in [5, 5.41) is 23.7. The number of benzene rings is 13. The Morgan fingerprint density at radius 2 is 0.767 bits per heavy atom. The van der Waals surface area contributed by atoms with Crippen molar-refractivity contribution in [2.24, 2.45) is 0 Å². The van der Waals surface area contributed by atoms with Crippen LogP contribution < -0.4 is 61.5 Å². The molecule has 1 unspecified atom stereocenters. The molecule has 16 aromatic rings. The quantitative estimate of drug-likeness (QED) is 0.0610. The number of H-pyrrole nitrogens is 1. The Balaban J connectivity index is 0.000000182. The largest absolute Gasteiger partial charge is 0.354 e. The van der Waals surface area contributed by atoms with Crippen molar-refractivity contribution in [1.29, 1.82) is 0 Å². The number of alkyl halides is 1. The van der Waals surface area contributed by atoms with E-state index in [1.54, 1.807) is 0 Å². The summed E-state index contributed by atoms with van der Waals surface area (Å²) in [5.41, 5.74) is 13.1. The number of rotatable bonds is 5. The van der Waals surface area contributed by atoms with Crippen molar-refractivity contribution < 1.29 is 85.3 Å². The standard InChI is InChI=1S/C44H27BrN2.C16H11N.C12H7BrF2.CH3F.CH4.3K.HO4P/c45-44-42(46-38-20-10-8-18-34(38)36-22-29-14-4-6-16-31(29)24-40(36)46)26-33(28-12-2-1-3-13-28)27-43(44)47-39-21-11-9-19-35(39)37-23-30-15-5-7-17-32(30)25-41(37)47;1-2-6-12-10-16-14(9-11(12)5-1)13-7-3-4-8-15(13)17-16;13-12-10(14)6-9(7-11(12)15)8-4-2-1-3-5-8;1-2;;;;;1-4-5(2)3/h1-27H;1-10,17H;1-7H;1H3;1H4;;;;1H/q;;;;;;;+1;/p-1/i;;;1D;;;;;. The van der Waals surface area contributed by atoms with Gasteiger partial charge in [-0.25, -0.2) is 13.5 Å². The van der Waals surface area contributed by atoms with Gasteiger partial charge in [0.05, 0.1) is 50.9 Å². The average molecular weight is 1410 g/mol. The molecule has 16 rings (SSSR count). The van der Waals surface area contributed by atoms with Gasteiger partial charge in [0.1, 0.15) is 11.6 Å². The Morgan fingerprint density at radius 3 is 1.19 bits per heavy atom. The molecule has 90 heavy (non-hydrogen) atoms. The molecule has 1 N–H and O–H groups in total. The Kier molecular flexibility index (Phi) is 24.9. The molecule has 3 aromatic heterocycles. The number of aromatic amines is 1. The summed E-state index contributed by atoms with van der Waals surface area (Å²) in [6.45, 7) is 0. The molecule has 0 bridgehead atoms. The molecule has 3 heterocycles. The summed E-state index contributed by atoms with van der Waals surface area (Å²) < 4.78 is 59.1. The molecule has 0 radical (unpaired) electrons. The van der Waals surface area contributed by atoms with Gasteiger partial charge in [-0.15, -0.1) is 0 Å². The summed E-state index contributed by atoms with van der Waals surface area (Å²) >= 11 is 9.57. The molecule has 0 fully saturated rings. The van der Waals surface area contributed by atoms with Crippen LogP contribution in [0.5, 0.6) is 0 Å². The summed E-state index contributed by atoms with van der Waals surface area (Å²) in [5.74, 6) is -1.18. The van der Waals surface area contributed by atoms with Crippen LogP contribution in [0.1, 0.15) is 8.80 Å². The SMILES string of the molecule is Brc1c(-n2c3ccccc3c3cc4ccccc4cc32)cc(-c2ccccc2)cc1-n1c2ccccc2c2cc3ccccc3cc21.C.Fc1cc(-c2ccccc2)cc(F)c1Br.O=[P+]([O-])O[O-].[2H]CF.[K+].[K][K].c1ccc2cc3c(cc2c1)[nH]c1ccccc13. The molecule has 7 nitrogen and oxygen atoms in total. The first kappa shape index (κ1) is 68.5. The minimum Gasteiger partial charge on any atom is -0.354 e. The van der Waals surface area contributed by atoms with Gasteiger partial charge in [-0.1, -0.05) is 195 Å². The first-order valence-electron chi connectivity index (χ1n) is 28.8. The van der Waals surface area contributed by atoms with Gasteiger partial charge >= 0.3 is 123 Å². The smallest absolute Gasteiger partial charge is 0.0471 e. The van der Waals surface area contributed by atoms with Crippen LogP contribution in [0.3, 0.4) is 0 Å². The minimum absolute atomic E-state index is 0. The third-order valence-electron chi connectivity index (χ3n) is 15.2. The molecular formula is C74H52Br2F3K3N3O4P. The fourth-order valence-electron chi connectivity index (χ4n) is 11.4. The van der Waals surface area contributed by atoms with E-state index in [-0.39, 0.29) is 63.3 Å². The Morgan fingerprint density at radius 1 is 0.433 bits per heavy atom. The first-order valence-corrected chi connectivity index (χ1v) is 46.8. The fraction of sp³-hybridized carbons (Fsp3) is 0.0270. The van der Waals surface area contributed by atoms with Crippen LogP contribution >= 0.6 is 40.1 Å². The van der Waals surface area contributed by atoms with Crippen molar-refractivity contribution in [2.75, 3.05) is 7.15 Å². The van der Waals surface area contributed by atoms with E-state index in [2.05, 4.69) is 275 Å². The van der Waals surface area contributed by atoms with Crippen LogP contribution in [0, 0.1) is 11.6 Å². The Hall–Kier alpha value is -4.32. The van der Waals surface area contributed by atoms with Crippen LogP contribution in [0.2, 0.25) is 0 Å². The normalized spacial score (nSPS) is 11.1. The maximum Gasteiger partial charge on any atom is 0.0471 e. The van der Waals surface area contributed by atoms with Crippen molar-refractivity contribution in [1.82, 2.24) is 14.1 Å². The zero-order valence-corrected chi connectivity index (χ0v) is 61.9. The molecule has 0 amide bonds. The van der Waals surface area contributed by atoms with E-state index >= 15 is 0 Å². The van der Waals surface area contributed by atoms with Gasteiger partial charge in [0, 0.05) is 43.4 Å². The van der Waals surface area contributed by atoms with Crippen molar-refractivity contribution >= 4 is 201 Å². The molecule has 0 aliphatic heterocycles. The summed E-state index contributed by atoms with van der Waals surface area (Å²) in [4.78, 5) is 12.3. The van der Waals surface area contributed by atoms with E-state index in [0.29, 0.717) is 5.56 Å². The number of para-hydroxylation sites is 3. The van der Waals surface area contributed by atoms with E-state index in [1.165, 1.54) is 179 Å². The van der Waals surface area contributed by atoms with E-state index in [0.717, 1.165) is 27.0 Å². The number of halogens is 5. The van der Waals surface area contributed by atoms with Crippen molar-refractivity contribution in [3.8, 4) is 33.6 Å². The topological polar surface area (TPSA) is 98.1 Å². The fourth-order valence-corrected chi connectivity index (χ4v) is 12.3. The van der Waals surface area contributed by atoms with Crippen molar-refractivity contribution in [3.63, 3.8) is 0 Å². The number of aromatic nitrogens is 3. The number of fused-ring (bicyclic) bond motifs is 12. The predicted molar refractivity (Wildman–Crippen MR) is 370 cm³/mol. The van der Waals surface area contributed by atoms with Gasteiger partial charge in [-0.05, 0) is 170 Å². The maximum atomic E-state index is 13.2. The molecule has 16 heteroatoms. The van der Waals surface area contributed by atoms with Gasteiger partial charge in [-0.2, -0.15) is 0 Å². The van der Waals surface area contributed by atoms with Crippen LogP contribution in [0.15, 0.2) is 276 Å². The monoisotopic (exact) mass is 1410 g/mol. The zero-order valence-electron chi connectivity index (χ0n) is 49.5. The van der Waals surface area contributed by atoms with Crippen molar-refractivity contribution in [2.45, 2.75) is 7.43 Å². The first-order chi connectivity index (χ1) is 43.5. The molecule has 1 atom stereocenters. The summed E-state index contributed by atoms with van der Waals surface area (Å²) in [6, 6.07) is 92.8. The van der Waals surface area contributed by atoms with Crippen LogP contribution in [0.4, 0.5) is 13.2 Å². The van der Waals surface area contributed by atoms with E-state index in [4.69, 9.17) is 16.1 Å². The Bertz CT molecular complexity index is 5030. The number of nitrogens with one attached hydrogen (secondary N) is 1. The second-order valence-corrected chi connectivity index (χ2v) is 22.3. The molecule has 13 aromatic carbocycles. The van der Waals surface area contributed by atoms with Crippen LogP contribution in [-0.4, -0.2) is 84.4 Å². The minimum atomic E-state index is -3.15. The van der Waals surface area contributed by atoms with E-state index in [9.17, 15) is 13.2 Å². The van der Waals surface area contributed by atoms with Crippen LogP contribution in [0.25, 0.3) is 131 Å². The predicted octanol–water partition coefficient (Wildman–Crippen LogP) is 17.2. The summed E-state index contributed by atoms with van der Waals surface area (Å²) in [7, 11) is -4.15. The van der Waals surface area contributed by atoms with Gasteiger partial charge < -0.3 is 24.3 Å². The molecule has 0 aliphatic rings. The van der Waals surface area contributed by atoms with E-state index in [1.807, 2.05) is 30.3 Å². The van der Waals surface area contributed by atoms with E-state index < -0.39 is 27.0 Å². The molecule has 0 saturated carbocycles. The number of hydrogen-bond acceptors (Lipinski definition) is 4. The second kappa shape index (κ2) is 32.7. The number of hydrogen-bond donors (Lipinski definition) is 1. The maximum absolute atomic E-state index is 13.2. The molecular weight excluding hydrogens is 1360 g/mol. The zero-order chi connectivity index (χ0) is 62.1. The van der Waals surface area contributed by atoms with Crippen LogP contribution in [-0.2, 0) is 9.24 Å². The van der Waals surface area contributed by atoms with Gasteiger partial charge in [0.2, 0.25) is 0 Å². The average Bonchev–Trinajstić information content (AvgIpc) is 1.61. The molecule has 0 spiro atoms. The van der Waals surface area contributed by atoms with Gasteiger partial charge in [0.25, 0.3) is 0 Å². The van der Waals surface area contributed by atoms with Gasteiger partial charge in [0.15, 0.2) is 0 Å². The number of nitrogens with zero attached hydrogens (tertiary/aromatic N) is 2. The van der Waals surface area contributed by atoms with Crippen molar-refractivity contribution in [3.05, 3.63) is 288 Å². The van der Waals surface area contributed by atoms with Gasteiger partial charge in [-0.3, -0.25) is 4.39 Å². The molecule has 0 aliphatic carbocycles. The summed E-state index contributed by atoms with van der Waals surface area (Å²) in [6.07, 6.45) is 0. The molecule has 0 saturated heterocycles. The third-order valence-corrected chi connectivity index (χ3v) is 16.9. The Labute approximate surface area is 625 Å². The molecule has 430 valence electrons. The second-order valence-electron chi connectivity index (χ2n) is 20.2. The third kappa shape index (κ3) is 14.9.